The van der Waals surface area contributed by atoms with E-state index < -0.39 is 6.10 Å². The first-order chi connectivity index (χ1) is 5.79. The van der Waals surface area contributed by atoms with E-state index in [0.29, 0.717) is 6.61 Å². The maximum absolute atomic E-state index is 11.2. The van der Waals surface area contributed by atoms with Crippen molar-refractivity contribution in [2.75, 3.05) is 20.8 Å². The Morgan fingerprint density at radius 1 is 1.58 bits per heavy atom. The van der Waals surface area contributed by atoms with Gasteiger partial charge in [-0.15, -0.1) is 0 Å². The molecular formula is C8H12O4. The van der Waals surface area contributed by atoms with Crippen LogP contribution >= 0.6 is 0 Å². The van der Waals surface area contributed by atoms with E-state index in [1.165, 1.54) is 19.4 Å². The molecule has 1 aliphatic rings. The van der Waals surface area contributed by atoms with E-state index in [0.717, 1.165) is 0 Å². The van der Waals surface area contributed by atoms with Gasteiger partial charge in [-0.25, -0.2) is 0 Å². The quantitative estimate of drug-likeness (QED) is 0.607. The minimum absolute atomic E-state index is 0.0780. The van der Waals surface area contributed by atoms with Crippen molar-refractivity contribution in [1.82, 2.24) is 0 Å². The maximum atomic E-state index is 11.2. The Bertz CT molecular complexity index is 187. The Labute approximate surface area is 71.1 Å². The van der Waals surface area contributed by atoms with Crippen molar-refractivity contribution in [2.45, 2.75) is 12.2 Å². The number of carbonyl (C=O) groups is 1. The Hall–Kier alpha value is -0.870. The number of hydrogen-bond acceptors (Lipinski definition) is 4. The van der Waals surface area contributed by atoms with E-state index in [1.807, 2.05) is 0 Å². The van der Waals surface area contributed by atoms with Crippen LogP contribution in [0.15, 0.2) is 12.3 Å². The molecular weight excluding hydrogens is 160 g/mol. The van der Waals surface area contributed by atoms with Crippen LogP contribution in [0.4, 0.5) is 0 Å². The molecule has 1 heterocycles. The van der Waals surface area contributed by atoms with Gasteiger partial charge in [0.2, 0.25) is 0 Å². The zero-order valence-corrected chi connectivity index (χ0v) is 7.15. The third-order valence-electron chi connectivity index (χ3n) is 1.69. The van der Waals surface area contributed by atoms with E-state index in [2.05, 4.69) is 0 Å². The van der Waals surface area contributed by atoms with Gasteiger partial charge < -0.3 is 14.2 Å². The van der Waals surface area contributed by atoms with E-state index in [1.54, 1.807) is 7.11 Å². The van der Waals surface area contributed by atoms with E-state index in [-0.39, 0.29) is 11.9 Å². The molecule has 0 aromatic heterocycles. The highest BCUT2D eigenvalue weighted by Gasteiger charge is 2.30. The summed E-state index contributed by atoms with van der Waals surface area (Å²) in [6, 6.07) is 0. The molecule has 0 aliphatic carbocycles. The van der Waals surface area contributed by atoms with Crippen LogP contribution in [0.1, 0.15) is 0 Å². The summed E-state index contributed by atoms with van der Waals surface area (Å²) in [5.74, 6) is -0.0780. The fourth-order valence-corrected chi connectivity index (χ4v) is 1.12. The normalized spacial score (nSPS) is 28.7. The van der Waals surface area contributed by atoms with Crippen LogP contribution < -0.4 is 0 Å². The predicted octanol–water partition coefficient (Wildman–Crippen LogP) is 0.129. The van der Waals surface area contributed by atoms with Crippen molar-refractivity contribution in [1.29, 1.82) is 0 Å². The fourth-order valence-electron chi connectivity index (χ4n) is 1.12. The molecule has 0 fully saturated rings. The molecule has 0 aromatic carbocycles. The molecule has 1 aliphatic heterocycles. The van der Waals surface area contributed by atoms with Gasteiger partial charge >= 0.3 is 0 Å². The lowest BCUT2D eigenvalue weighted by Gasteiger charge is -2.25. The monoisotopic (exact) mass is 172 g/mol. The smallest absolute Gasteiger partial charge is 0.191 e. The minimum Gasteiger partial charge on any atom is -0.492 e. The summed E-state index contributed by atoms with van der Waals surface area (Å²) in [7, 11) is 3.03. The average Bonchev–Trinajstić information content (AvgIpc) is 2.05. The summed E-state index contributed by atoms with van der Waals surface area (Å²) in [4.78, 5) is 11.2. The highest BCUT2D eigenvalue weighted by molar-refractivity contribution is 5.94. The Kier molecular flexibility index (Phi) is 3.25. The van der Waals surface area contributed by atoms with Crippen molar-refractivity contribution in [3.05, 3.63) is 12.3 Å². The van der Waals surface area contributed by atoms with Crippen LogP contribution in [0.25, 0.3) is 0 Å². The van der Waals surface area contributed by atoms with Gasteiger partial charge in [0.05, 0.1) is 12.9 Å². The number of ketones is 1. The van der Waals surface area contributed by atoms with Crippen LogP contribution in [0.3, 0.4) is 0 Å². The molecule has 0 radical (unpaired) electrons. The molecule has 4 nitrogen and oxygen atoms in total. The van der Waals surface area contributed by atoms with Gasteiger partial charge in [-0.2, -0.15) is 0 Å². The van der Waals surface area contributed by atoms with Crippen molar-refractivity contribution in [3.8, 4) is 0 Å². The van der Waals surface area contributed by atoms with Crippen LogP contribution in [0.2, 0.25) is 0 Å². The number of ether oxygens (including phenoxy) is 3. The highest BCUT2D eigenvalue weighted by atomic mass is 16.6. The van der Waals surface area contributed by atoms with Gasteiger partial charge in [0.1, 0.15) is 0 Å². The summed E-state index contributed by atoms with van der Waals surface area (Å²) < 4.78 is 15.0. The Morgan fingerprint density at radius 2 is 2.33 bits per heavy atom. The predicted molar refractivity (Wildman–Crippen MR) is 41.7 cm³/mol. The van der Waals surface area contributed by atoms with Crippen molar-refractivity contribution in [3.63, 3.8) is 0 Å². The summed E-state index contributed by atoms with van der Waals surface area (Å²) in [5.41, 5.74) is 0. The molecule has 0 N–H and O–H groups in total. The molecule has 2 unspecified atom stereocenters. The molecule has 0 saturated heterocycles. The highest BCUT2D eigenvalue weighted by Crippen LogP contribution is 2.11. The number of hydrogen-bond donors (Lipinski definition) is 0. The number of methoxy groups -OCH3 is 2. The topological polar surface area (TPSA) is 44.8 Å². The summed E-state index contributed by atoms with van der Waals surface area (Å²) >= 11 is 0. The summed E-state index contributed by atoms with van der Waals surface area (Å²) in [6.07, 6.45) is 1.88. The summed E-state index contributed by atoms with van der Waals surface area (Å²) in [5, 5.41) is 0. The van der Waals surface area contributed by atoms with E-state index >= 15 is 0 Å². The Morgan fingerprint density at radius 3 is 2.92 bits per heavy atom. The molecule has 0 amide bonds. The lowest BCUT2D eigenvalue weighted by molar-refractivity contribution is -0.137. The van der Waals surface area contributed by atoms with Gasteiger partial charge in [0.25, 0.3) is 0 Å². The third-order valence-corrected chi connectivity index (χ3v) is 1.69. The van der Waals surface area contributed by atoms with Gasteiger partial charge in [0, 0.05) is 20.3 Å². The molecule has 2 atom stereocenters. The minimum atomic E-state index is -0.532. The summed E-state index contributed by atoms with van der Waals surface area (Å²) in [6.45, 7) is 0.356. The first kappa shape index (κ1) is 9.22. The molecule has 0 spiro atoms. The standard InChI is InChI=1S/C8H12O4/c1-10-5-7-8(11-2)6(9)3-4-12-7/h3-4,7-8H,5H2,1-2H3. The maximum Gasteiger partial charge on any atom is 0.191 e. The second kappa shape index (κ2) is 4.23. The molecule has 0 bridgehead atoms. The molecule has 4 heteroatoms. The molecule has 12 heavy (non-hydrogen) atoms. The van der Waals surface area contributed by atoms with Crippen LogP contribution in [0.5, 0.6) is 0 Å². The molecule has 1 rings (SSSR count). The van der Waals surface area contributed by atoms with Crippen LogP contribution in [0, 0.1) is 0 Å². The SMILES string of the molecule is COCC1OC=CC(=O)C1OC. The molecule has 0 aromatic rings. The van der Waals surface area contributed by atoms with E-state index in [4.69, 9.17) is 14.2 Å². The van der Waals surface area contributed by atoms with Crippen molar-refractivity contribution >= 4 is 5.78 Å². The van der Waals surface area contributed by atoms with Crippen LogP contribution in [-0.2, 0) is 19.0 Å². The van der Waals surface area contributed by atoms with Gasteiger partial charge in [-0.1, -0.05) is 0 Å². The lowest BCUT2D eigenvalue weighted by atomic mass is 10.1. The first-order valence-corrected chi connectivity index (χ1v) is 3.67. The Balaban J connectivity index is 2.61. The van der Waals surface area contributed by atoms with E-state index in [9.17, 15) is 4.79 Å². The van der Waals surface area contributed by atoms with Crippen molar-refractivity contribution < 1.29 is 19.0 Å². The second-order valence-corrected chi connectivity index (χ2v) is 2.49. The zero-order valence-electron chi connectivity index (χ0n) is 7.15. The third kappa shape index (κ3) is 1.84. The number of rotatable bonds is 3. The van der Waals surface area contributed by atoms with Gasteiger partial charge in [0.15, 0.2) is 18.0 Å². The lowest BCUT2D eigenvalue weighted by Crippen LogP contribution is -2.41. The zero-order chi connectivity index (χ0) is 8.97. The number of carbonyl (C=O) groups excluding carboxylic acids is 1. The molecule has 68 valence electrons. The first-order valence-electron chi connectivity index (χ1n) is 3.67. The van der Waals surface area contributed by atoms with Gasteiger partial charge in [-0.05, 0) is 0 Å². The fraction of sp³-hybridized carbons (Fsp3) is 0.625. The van der Waals surface area contributed by atoms with Gasteiger partial charge in [-0.3, -0.25) is 4.79 Å². The molecule has 0 saturated carbocycles. The van der Waals surface area contributed by atoms with Crippen molar-refractivity contribution in [2.24, 2.45) is 0 Å². The largest absolute Gasteiger partial charge is 0.492 e. The van der Waals surface area contributed by atoms with Crippen LogP contribution in [-0.4, -0.2) is 38.8 Å². The second-order valence-electron chi connectivity index (χ2n) is 2.49. The average molecular weight is 172 g/mol.